The van der Waals surface area contributed by atoms with Gasteiger partial charge in [0.15, 0.2) is 17.3 Å². The Morgan fingerprint density at radius 1 is 0.868 bits per heavy atom. The quantitative estimate of drug-likeness (QED) is 0.282. The molecule has 0 saturated heterocycles. The van der Waals surface area contributed by atoms with Crippen LogP contribution in [0.4, 0.5) is 11.4 Å². The lowest BCUT2D eigenvalue weighted by molar-refractivity contribution is -0.118. The van der Waals surface area contributed by atoms with Gasteiger partial charge in [-0.15, -0.1) is 0 Å². The van der Waals surface area contributed by atoms with Crippen LogP contribution in [-0.4, -0.2) is 17.3 Å². The molecule has 0 spiro atoms. The first-order chi connectivity index (χ1) is 18.2. The average molecular weight is 523 g/mol. The third-order valence-electron chi connectivity index (χ3n) is 7.68. The highest BCUT2D eigenvalue weighted by atomic mass is 35.5. The van der Waals surface area contributed by atoms with E-state index in [1.165, 1.54) is 0 Å². The normalized spacial score (nSPS) is 20.0. The molecule has 3 aromatic rings. The second kappa shape index (κ2) is 8.81. The Morgan fingerprint density at radius 3 is 2.13 bits per heavy atom. The van der Waals surface area contributed by atoms with Crippen molar-refractivity contribution in [2.75, 3.05) is 10.2 Å². The lowest BCUT2D eigenvalue weighted by Gasteiger charge is -2.38. The minimum Gasteiger partial charge on any atom is -0.357 e. The molecule has 1 N–H and O–H groups in total. The van der Waals surface area contributed by atoms with Crippen LogP contribution in [-0.2, 0) is 4.79 Å². The Labute approximate surface area is 226 Å². The highest BCUT2D eigenvalue weighted by Gasteiger charge is 2.44. The molecule has 1 atom stereocenters. The molecule has 0 aromatic heterocycles. The number of para-hydroxylation sites is 2. The van der Waals surface area contributed by atoms with Crippen molar-refractivity contribution in [1.29, 1.82) is 0 Å². The summed E-state index contributed by atoms with van der Waals surface area (Å²) in [5.41, 5.74) is 5.23. The number of nitrogens with one attached hydrogen (secondary N) is 1. The second-order valence-electron chi connectivity index (χ2n) is 11.0. The van der Waals surface area contributed by atoms with Gasteiger partial charge in [0.2, 0.25) is 0 Å². The largest absolute Gasteiger partial charge is 0.357 e. The van der Waals surface area contributed by atoms with E-state index in [1.54, 1.807) is 43.3 Å². The minimum absolute atomic E-state index is 0.0478. The Balaban J connectivity index is 1.65. The standard InChI is InChI=1S/C32H27ClN2O3/c1-18(27-30(37)21-8-4-5-9-22(21)31(27)38)35-25-11-7-6-10-23(25)34-24-16-32(2,3)17-26(36)28(24)29(35)19-12-14-20(33)15-13-19/h4-15,29,34H,16-17H2,1-3H3. The van der Waals surface area contributed by atoms with Gasteiger partial charge in [0, 0.05) is 39.5 Å². The summed E-state index contributed by atoms with van der Waals surface area (Å²) in [6.45, 7) is 6.00. The summed E-state index contributed by atoms with van der Waals surface area (Å²) < 4.78 is 0. The summed E-state index contributed by atoms with van der Waals surface area (Å²) in [7, 11) is 0. The number of hydrogen-bond acceptors (Lipinski definition) is 5. The summed E-state index contributed by atoms with van der Waals surface area (Å²) in [6.07, 6.45) is 1.10. The smallest absolute Gasteiger partial charge is 0.199 e. The highest BCUT2D eigenvalue weighted by Crippen LogP contribution is 2.50. The van der Waals surface area contributed by atoms with Gasteiger partial charge < -0.3 is 10.2 Å². The van der Waals surface area contributed by atoms with Gasteiger partial charge in [-0.05, 0) is 48.6 Å². The van der Waals surface area contributed by atoms with Crippen molar-refractivity contribution in [2.24, 2.45) is 5.41 Å². The van der Waals surface area contributed by atoms with Crippen molar-refractivity contribution in [3.8, 4) is 0 Å². The van der Waals surface area contributed by atoms with E-state index in [0.29, 0.717) is 40.3 Å². The molecule has 1 aliphatic heterocycles. The Morgan fingerprint density at radius 2 is 1.47 bits per heavy atom. The lowest BCUT2D eigenvalue weighted by Crippen LogP contribution is -2.36. The van der Waals surface area contributed by atoms with Crippen molar-refractivity contribution in [3.05, 3.63) is 117 Å². The summed E-state index contributed by atoms with van der Waals surface area (Å²) in [4.78, 5) is 43.1. The molecule has 0 fully saturated rings. The molecule has 1 unspecified atom stereocenters. The number of anilines is 2. The van der Waals surface area contributed by atoms with Crippen LogP contribution in [0.15, 0.2) is 95.3 Å². The number of hydrogen-bond donors (Lipinski definition) is 1. The fraction of sp³-hybridized carbons (Fsp3) is 0.219. The molecular formula is C32H27ClN2O3. The molecule has 6 rings (SSSR count). The number of carbonyl (C=O) groups excluding carboxylic acids is 3. The zero-order chi connectivity index (χ0) is 26.8. The van der Waals surface area contributed by atoms with Gasteiger partial charge in [-0.2, -0.15) is 0 Å². The maximum absolute atomic E-state index is 13.9. The first-order valence-corrected chi connectivity index (χ1v) is 13.1. The van der Waals surface area contributed by atoms with E-state index >= 15 is 0 Å². The monoisotopic (exact) mass is 522 g/mol. The predicted molar refractivity (Wildman–Crippen MR) is 150 cm³/mol. The zero-order valence-electron chi connectivity index (χ0n) is 21.5. The van der Waals surface area contributed by atoms with Crippen molar-refractivity contribution in [1.82, 2.24) is 0 Å². The minimum atomic E-state index is -0.557. The molecule has 0 radical (unpaired) electrons. The van der Waals surface area contributed by atoms with Crippen LogP contribution in [0.5, 0.6) is 0 Å². The molecule has 3 aliphatic rings. The summed E-state index contributed by atoms with van der Waals surface area (Å²) in [6, 6.07) is 21.6. The van der Waals surface area contributed by atoms with Gasteiger partial charge in [0.1, 0.15) is 0 Å². The van der Waals surface area contributed by atoms with E-state index in [0.717, 1.165) is 22.6 Å². The van der Waals surface area contributed by atoms with Crippen molar-refractivity contribution >= 4 is 40.3 Å². The van der Waals surface area contributed by atoms with Crippen molar-refractivity contribution < 1.29 is 14.4 Å². The molecule has 6 heteroatoms. The first kappa shape index (κ1) is 24.4. The Kier molecular flexibility index (Phi) is 5.65. The maximum Gasteiger partial charge on any atom is 0.199 e. The number of allylic oxidation sites excluding steroid dienone is 3. The van der Waals surface area contributed by atoms with E-state index in [4.69, 9.17) is 11.6 Å². The van der Waals surface area contributed by atoms with E-state index in [1.807, 2.05) is 41.3 Å². The molecule has 190 valence electrons. The van der Waals surface area contributed by atoms with Gasteiger partial charge in [0.25, 0.3) is 0 Å². The Bertz CT molecular complexity index is 1560. The molecule has 2 aliphatic carbocycles. The number of ketones is 3. The fourth-order valence-electron chi connectivity index (χ4n) is 6.02. The SMILES string of the molecule is CC(=C1C(=O)c2ccccc2C1=O)N1c2ccccc2NC2=C(C(=O)CC(C)(C)C2)C1c1ccc(Cl)cc1. The van der Waals surface area contributed by atoms with E-state index in [2.05, 4.69) is 19.2 Å². The number of benzene rings is 3. The molecule has 0 bridgehead atoms. The Hall–Kier alpha value is -3.96. The third-order valence-corrected chi connectivity index (χ3v) is 7.93. The van der Waals surface area contributed by atoms with E-state index in [-0.39, 0.29) is 28.3 Å². The van der Waals surface area contributed by atoms with Crippen LogP contribution >= 0.6 is 11.6 Å². The van der Waals surface area contributed by atoms with E-state index in [9.17, 15) is 14.4 Å². The fourth-order valence-corrected chi connectivity index (χ4v) is 6.15. The lowest BCUT2D eigenvalue weighted by atomic mass is 9.73. The highest BCUT2D eigenvalue weighted by molar-refractivity contribution is 6.40. The van der Waals surface area contributed by atoms with E-state index < -0.39 is 6.04 Å². The molecule has 1 heterocycles. The van der Waals surface area contributed by atoms with Crippen LogP contribution in [0.2, 0.25) is 5.02 Å². The summed E-state index contributed by atoms with van der Waals surface area (Å²) in [5, 5.41) is 4.16. The average Bonchev–Trinajstić information content (AvgIpc) is 3.04. The van der Waals surface area contributed by atoms with Crippen LogP contribution < -0.4 is 10.2 Å². The van der Waals surface area contributed by atoms with Gasteiger partial charge in [0.05, 0.1) is 23.0 Å². The van der Waals surface area contributed by atoms with Crippen LogP contribution in [0.1, 0.15) is 65.9 Å². The van der Waals surface area contributed by atoms with Crippen molar-refractivity contribution in [2.45, 2.75) is 39.7 Å². The summed E-state index contributed by atoms with van der Waals surface area (Å²) in [5.74, 6) is -0.539. The number of rotatable bonds is 2. The first-order valence-electron chi connectivity index (χ1n) is 12.7. The predicted octanol–water partition coefficient (Wildman–Crippen LogP) is 7.31. The maximum atomic E-state index is 13.9. The van der Waals surface area contributed by atoms with Gasteiger partial charge in [-0.25, -0.2) is 0 Å². The third kappa shape index (κ3) is 3.81. The summed E-state index contributed by atoms with van der Waals surface area (Å²) >= 11 is 6.26. The molecule has 5 nitrogen and oxygen atoms in total. The van der Waals surface area contributed by atoms with Gasteiger partial charge >= 0.3 is 0 Å². The molecule has 3 aromatic carbocycles. The number of fused-ring (bicyclic) bond motifs is 2. The van der Waals surface area contributed by atoms with Crippen molar-refractivity contribution in [3.63, 3.8) is 0 Å². The zero-order valence-corrected chi connectivity index (χ0v) is 22.2. The topological polar surface area (TPSA) is 66.5 Å². The van der Waals surface area contributed by atoms with Gasteiger partial charge in [-0.1, -0.05) is 74.0 Å². The molecular weight excluding hydrogens is 496 g/mol. The van der Waals surface area contributed by atoms with Crippen LogP contribution in [0, 0.1) is 5.41 Å². The molecule has 38 heavy (non-hydrogen) atoms. The number of halogens is 1. The number of Topliss-reactive ketones (excluding diaryl/α,β-unsaturated/α-hetero) is 3. The van der Waals surface area contributed by atoms with Gasteiger partial charge in [-0.3, -0.25) is 14.4 Å². The second-order valence-corrected chi connectivity index (χ2v) is 11.4. The molecule has 0 saturated carbocycles. The number of carbonyl (C=O) groups is 3. The van der Waals surface area contributed by atoms with Crippen LogP contribution in [0.3, 0.4) is 0 Å². The van der Waals surface area contributed by atoms with Crippen LogP contribution in [0.25, 0.3) is 0 Å². The number of nitrogens with zero attached hydrogens (tertiary/aromatic N) is 1. The molecule has 0 amide bonds.